The minimum Gasteiger partial charge on any atom is -0.381 e. The van der Waals surface area contributed by atoms with Crippen molar-refractivity contribution in [2.45, 2.75) is 30.2 Å². The largest absolute Gasteiger partial charge is 0.381 e. The van der Waals surface area contributed by atoms with E-state index in [-0.39, 0.29) is 23.8 Å². The van der Waals surface area contributed by atoms with E-state index >= 15 is 0 Å². The molecule has 5 nitrogen and oxygen atoms in total. The van der Waals surface area contributed by atoms with Crippen LogP contribution in [-0.4, -0.2) is 48.8 Å². The topological polar surface area (TPSA) is 58.6 Å². The van der Waals surface area contributed by atoms with Crippen LogP contribution >= 0.6 is 11.8 Å². The van der Waals surface area contributed by atoms with E-state index in [1.54, 1.807) is 11.8 Å². The molecular formula is C17H22N2O3S. The first-order chi connectivity index (χ1) is 11.2. The van der Waals surface area contributed by atoms with Crippen molar-refractivity contribution in [2.24, 2.45) is 5.92 Å². The molecule has 2 amide bonds. The van der Waals surface area contributed by atoms with Gasteiger partial charge in [-0.3, -0.25) is 9.59 Å². The molecule has 1 unspecified atom stereocenters. The van der Waals surface area contributed by atoms with Crippen molar-refractivity contribution in [3.63, 3.8) is 0 Å². The van der Waals surface area contributed by atoms with E-state index in [0.29, 0.717) is 26.2 Å². The summed E-state index contributed by atoms with van der Waals surface area (Å²) >= 11 is 1.64. The second kappa shape index (κ2) is 7.36. The Morgan fingerprint density at radius 2 is 2.13 bits per heavy atom. The summed E-state index contributed by atoms with van der Waals surface area (Å²) in [7, 11) is 0. The van der Waals surface area contributed by atoms with Gasteiger partial charge in [-0.15, -0.1) is 11.8 Å². The Morgan fingerprint density at radius 3 is 2.87 bits per heavy atom. The minimum absolute atomic E-state index is 0.0637. The molecule has 2 aliphatic heterocycles. The zero-order chi connectivity index (χ0) is 16.2. The number of nitrogens with one attached hydrogen (secondary N) is 1. The smallest absolute Gasteiger partial charge is 0.229 e. The number of nitrogens with zero attached hydrogens (tertiary/aromatic N) is 1. The number of carbonyl (C=O) groups excluding carboxylic acids is 2. The molecule has 1 aromatic rings. The third-order valence-electron chi connectivity index (χ3n) is 4.50. The molecule has 1 N–H and O–H groups in total. The molecule has 2 aliphatic rings. The van der Waals surface area contributed by atoms with Crippen molar-refractivity contribution in [2.75, 3.05) is 31.3 Å². The highest BCUT2D eigenvalue weighted by Crippen LogP contribution is 2.26. The number of rotatable bonds is 4. The SMILES string of the molecule is CSc1cccc(NC(=O)C2CC(=O)N(C3CCOCC3)C2)c1. The number of ether oxygens (including phenoxy) is 1. The summed E-state index contributed by atoms with van der Waals surface area (Å²) in [6.45, 7) is 1.93. The molecule has 23 heavy (non-hydrogen) atoms. The number of carbonyl (C=O) groups is 2. The molecule has 124 valence electrons. The molecule has 2 fully saturated rings. The van der Waals surface area contributed by atoms with Gasteiger partial charge in [-0.25, -0.2) is 0 Å². The molecule has 1 atom stereocenters. The van der Waals surface area contributed by atoms with Gasteiger partial charge in [0, 0.05) is 42.8 Å². The lowest BCUT2D eigenvalue weighted by Crippen LogP contribution is -2.41. The van der Waals surface area contributed by atoms with Gasteiger partial charge in [0.15, 0.2) is 0 Å². The molecule has 0 spiro atoms. The van der Waals surface area contributed by atoms with E-state index in [2.05, 4.69) is 5.32 Å². The van der Waals surface area contributed by atoms with Crippen LogP contribution in [0.2, 0.25) is 0 Å². The van der Waals surface area contributed by atoms with Crippen LogP contribution in [0, 0.1) is 5.92 Å². The standard InChI is InChI=1S/C17H22N2O3S/c1-23-15-4-2-3-13(10-15)18-17(21)12-9-16(20)19(11-12)14-5-7-22-8-6-14/h2-4,10,12,14H,5-9,11H2,1H3,(H,18,21). The number of hydrogen-bond donors (Lipinski definition) is 1. The minimum atomic E-state index is -0.261. The summed E-state index contributed by atoms with van der Waals surface area (Å²) in [5.74, 6) is -0.232. The summed E-state index contributed by atoms with van der Waals surface area (Å²) < 4.78 is 5.35. The van der Waals surface area contributed by atoms with Crippen LogP contribution < -0.4 is 5.32 Å². The molecule has 2 heterocycles. The molecule has 0 radical (unpaired) electrons. The first kappa shape index (κ1) is 16.3. The van der Waals surface area contributed by atoms with Gasteiger partial charge in [-0.1, -0.05) is 6.07 Å². The molecule has 0 aliphatic carbocycles. The Bertz CT molecular complexity index is 587. The van der Waals surface area contributed by atoms with E-state index in [4.69, 9.17) is 4.74 Å². The van der Waals surface area contributed by atoms with Crippen LogP contribution in [0.5, 0.6) is 0 Å². The Balaban J connectivity index is 1.60. The third kappa shape index (κ3) is 3.87. The molecular weight excluding hydrogens is 312 g/mol. The van der Waals surface area contributed by atoms with Crippen LogP contribution in [0.25, 0.3) is 0 Å². The number of benzene rings is 1. The fourth-order valence-corrected chi connectivity index (χ4v) is 3.66. The maximum atomic E-state index is 12.5. The number of hydrogen-bond acceptors (Lipinski definition) is 4. The molecule has 0 bridgehead atoms. The second-order valence-corrected chi connectivity index (χ2v) is 6.89. The highest BCUT2D eigenvalue weighted by molar-refractivity contribution is 7.98. The van der Waals surface area contributed by atoms with Gasteiger partial charge in [0.05, 0.1) is 5.92 Å². The third-order valence-corrected chi connectivity index (χ3v) is 5.22. The van der Waals surface area contributed by atoms with E-state index in [1.807, 2.05) is 35.4 Å². The van der Waals surface area contributed by atoms with Gasteiger partial charge < -0.3 is 15.0 Å². The van der Waals surface area contributed by atoms with Crippen LogP contribution in [0.4, 0.5) is 5.69 Å². The lowest BCUT2D eigenvalue weighted by atomic mass is 10.1. The van der Waals surface area contributed by atoms with Gasteiger partial charge in [0.1, 0.15) is 0 Å². The van der Waals surface area contributed by atoms with Crippen molar-refractivity contribution in [1.82, 2.24) is 4.90 Å². The first-order valence-electron chi connectivity index (χ1n) is 7.99. The van der Waals surface area contributed by atoms with Gasteiger partial charge in [0.25, 0.3) is 0 Å². The summed E-state index contributed by atoms with van der Waals surface area (Å²) in [6.07, 6.45) is 4.05. The van der Waals surface area contributed by atoms with Crippen molar-refractivity contribution >= 4 is 29.3 Å². The van der Waals surface area contributed by atoms with Crippen LogP contribution in [0.1, 0.15) is 19.3 Å². The molecule has 6 heteroatoms. The van der Waals surface area contributed by atoms with Crippen LogP contribution in [-0.2, 0) is 14.3 Å². The molecule has 3 rings (SSSR count). The molecule has 2 saturated heterocycles. The predicted molar refractivity (Wildman–Crippen MR) is 90.5 cm³/mol. The van der Waals surface area contributed by atoms with Crippen molar-refractivity contribution in [3.8, 4) is 0 Å². The Labute approximate surface area is 140 Å². The Morgan fingerprint density at radius 1 is 1.35 bits per heavy atom. The van der Waals surface area contributed by atoms with Crippen molar-refractivity contribution in [1.29, 1.82) is 0 Å². The maximum absolute atomic E-state index is 12.5. The number of amides is 2. The van der Waals surface area contributed by atoms with Gasteiger partial charge in [-0.2, -0.15) is 0 Å². The van der Waals surface area contributed by atoms with E-state index in [0.717, 1.165) is 23.4 Å². The first-order valence-corrected chi connectivity index (χ1v) is 9.22. The van der Waals surface area contributed by atoms with Crippen molar-refractivity contribution in [3.05, 3.63) is 24.3 Å². The number of anilines is 1. The fraction of sp³-hybridized carbons (Fsp3) is 0.529. The predicted octanol–water partition coefficient (Wildman–Crippen LogP) is 2.37. The maximum Gasteiger partial charge on any atom is 0.229 e. The van der Waals surface area contributed by atoms with Crippen LogP contribution in [0.3, 0.4) is 0 Å². The monoisotopic (exact) mass is 334 g/mol. The highest BCUT2D eigenvalue weighted by Gasteiger charge is 2.38. The average Bonchev–Trinajstić information content (AvgIpc) is 2.98. The summed E-state index contributed by atoms with van der Waals surface area (Å²) in [4.78, 5) is 27.7. The fourth-order valence-electron chi connectivity index (χ4n) is 3.20. The number of thioether (sulfide) groups is 1. The average molecular weight is 334 g/mol. The van der Waals surface area contributed by atoms with Gasteiger partial charge in [-0.05, 0) is 37.3 Å². The zero-order valence-electron chi connectivity index (χ0n) is 13.3. The molecule has 1 aromatic carbocycles. The lowest BCUT2D eigenvalue weighted by Gasteiger charge is -2.31. The highest BCUT2D eigenvalue weighted by atomic mass is 32.2. The zero-order valence-corrected chi connectivity index (χ0v) is 14.1. The quantitative estimate of drug-likeness (QED) is 0.859. The van der Waals surface area contributed by atoms with E-state index in [9.17, 15) is 9.59 Å². The summed E-state index contributed by atoms with van der Waals surface area (Å²) in [5, 5.41) is 2.95. The Kier molecular flexibility index (Phi) is 5.23. The lowest BCUT2D eigenvalue weighted by molar-refractivity contribution is -0.131. The molecule has 0 saturated carbocycles. The van der Waals surface area contributed by atoms with Crippen LogP contribution in [0.15, 0.2) is 29.2 Å². The summed E-state index contributed by atoms with van der Waals surface area (Å²) in [6, 6.07) is 8.00. The van der Waals surface area contributed by atoms with E-state index in [1.165, 1.54) is 0 Å². The normalized spacial score (nSPS) is 22.4. The molecule has 0 aromatic heterocycles. The van der Waals surface area contributed by atoms with Gasteiger partial charge in [0.2, 0.25) is 11.8 Å². The number of likely N-dealkylation sites (tertiary alicyclic amines) is 1. The summed E-state index contributed by atoms with van der Waals surface area (Å²) in [5.41, 5.74) is 0.791. The second-order valence-electron chi connectivity index (χ2n) is 6.01. The van der Waals surface area contributed by atoms with Crippen molar-refractivity contribution < 1.29 is 14.3 Å². The van der Waals surface area contributed by atoms with E-state index < -0.39 is 0 Å². The Hall–Kier alpha value is -1.53. The van der Waals surface area contributed by atoms with Gasteiger partial charge >= 0.3 is 0 Å².